The van der Waals surface area contributed by atoms with Crippen molar-refractivity contribution in [2.24, 2.45) is 0 Å². The van der Waals surface area contributed by atoms with Gasteiger partial charge in [0.15, 0.2) is 0 Å². The molecule has 0 bridgehead atoms. The Balaban J connectivity index is 2.28. The van der Waals surface area contributed by atoms with Crippen LogP contribution in [0.5, 0.6) is 0 Å². The monoisotopic (exact) mass is 271 g/mol. The Morgan fingerprint density at radius 3 is 2.58 bits per heavy atom. The molecule has 19 heavy (non-hydrogen) atoms. The highest BCUT2D eigenvalue weighted by atomic mass is 19.4. The van der Waals surface area contributed by atoms with Gasteiger partial charge in [-0.15, -0.1) is 0 Å². The van der Waals surface area contributed by atoms with Gasteiger partial charge in [0.05, 0.1) is 17.9 Å². The Morgan fingerprint density at radius 2 is 2.00 bits per heavy atom. The predicted molar refractivity (Wildman–Crippen MR) is 63.2 cm³/mol. The maximum absolute atomic E-state index is 12.6. The third-order valence-electron chi connectivity index (χ3n) is 2.75. The van der Waals surface area contributed by atoms with Crippen LogP contribution in [-0.2, 0) is 12.6 Å². The summed E-state index contributed by atoms with van der Waals surface area (Å²) in [5.41, 5.74) is 4.93. The lowest BCUT2D eigenvalue weighted by atomic mass is 10.0. The number of aliphatic hydroxyl groups is 1. The summed E-state index contributed by atoms with van der Waals surface area (Å²) in [6.07, 6.45) is -4.11. The smallest absolute Gasteiger partial charge is 0.416 e. The SMILES string of the molecule is Nc1ccc(C(F)(F)F)cc1C(O)Cc1ccco1. The number of rotatable bonds is 3. The molecule has 0 saturated heterocycles. The van der Waals surface area contributed by atoms with E-state index in [1.54, 1.807) is 12.1 Å². The summed E-state index contributed by atoms with van der Waals surface area (Å²) in [5.74, 6) is 0.476. The quantitative estimate of drug-likeness (QED) is 0.843. The molecule has 102 valence electrons. The number of hydrogen-bond acceptors (Lipinski definition) is 3. The molecular formula is C13H12F3NO2. The Labute approximate surface area is 107 Å². The van der Waals surface area contributed by atoms with Crippen molar-refractivity contribution in [1.82, 2.24) is 0 Å². The molecule has 1 aromatic heterocycles. The van der Waals surface area contributed by atoms with E-state index in [1.807, 2.05) is 0 Å². The van der Waals surface area contributed by atoms with E-state index in [4.69, 9.17) is 10.2 Å². The van der Waals surface area contributed by atoms with Gasteiger partial charge in [-0.25, -0.2) is 0 Å². The van der Waals surface area contributed by atoms with Crippen molar-refractivity contribution in [3.63, 3.8) is 0 Å². The summed E-state index contributed by atoms with van der Waals surface area (Å²) < 4.78 is 42.8. The Kier molecular flexibility index (Phi) is 3.53. The fourth-order valence-corrected chi connectivity index (χ4v) is 1.77. The second kappa shape index (κ2) is 4.97. The summed E-state index contributed by atoms with van der Waals surface area (Å²) in [6.45, 7) is 0. The van der Waals surface area contributed by atoms with Gasteiger partial charge < -0.3 is 15.3 Å². The van der Waals surface area contributed by atoms with Crippen molar-refractivity contribution >= 4 is 5.69 Å². The molecule has 0 aliphatic carbocycles. The first-order valence-electron chi connectivity index (χ1n) is 5.55. The van der Waals surface area contributed by atoms with E-state index in [0.717, 1.165) is 18.2 Å². The van der Waals surface area contributed by atoms with Crippen LogP contribution in [0.1, 0.15) is 23.0 Å². The van der Waals surface area contributed by atoms with E-state index in [1.165, 1.54) is 6.26 Å². The van der Waals surface area contributed by atoms with E-state index < -0.39 is 17.8 Å². The number of benzene rings is 1. The van der Waals surface area contributed by atoms with Crippen LogP contribution in [0.15, 0.2) is 41.0 Å². The Hall–Kier alpha value is -1.95. The third kappa shape index (κ3) is 3.08. The minimum Gasteiger partial charge on any atom is -0.469 e. The molecule has 0 fully saturated rings. The van der Waals surface area contributed by atoms with Crippen LogP contribution in [0.25, 0.3) is 0 Å². The summed E-state index contributed by atoms with van der Waals surface area (Å²) >= 11 is 0. The molecule has 0 spiro atoms. The zero-order valence-corrected chi connectivity index (χ0v) is 9.82. The molecule has 0 radical (unpaired) electrons. The van der Waals surface area contributed by atoms with E-state index in [2.05, 4.69) is 0 Å². The highest BCUT2D eigenvalue weighted by molar-refractivity contribution is 5.50. The van der Waals surface area contributed by atoms with Crippen LogP contribution in [-0.4, -0.2) is 5.11 Å². The molecule has 6 heteroatoms. The number of halogens is 3. The zero-order chi connectivity index (χ0) is 14.0. The van der Waals surface area contributed by atoms with Gasteiger partial charge in [-0.05, 0) is 30.3 Å². The fraction of sp³-hybridized carbons (Fsp3) is 0.231. The molecule has 0 amide bonds. The van der Waals surface area contributed by atoms with Gasteiger partial charge in [-0.2, -0.15) is 13.2 Å². The van der Waals surface area contributed by atoms with Gasteiger partial charge in [-0.3, -0.25) is 0 Å². The summed E-state index contributed by atoms with van der Waals surface area (Å²) in [4.78, 5) is 0. The lowest BCUT2D eigenvalue weighted by molar-refractivity contribution is -0.137. The molecule has 3 nitrogen and oxygen atoms in total. The first kappa shape index (κ1) is 13.5. The topological polar surface area (TPSA) is 59.4 Å². The lowest BCUT2D eigenvalue weighted by Gasteiger charge is -2.15. The van der Waals surface area contributed by atoms with Gasteiger partial charge in [0, 0.05) is 17.7 Å². The molecule has 0 aliphatic heterocycles. The van der Waals surface area contributed by atoms with Crippen molar-refractivity contribution in [3.05, 3.63) is 53.5 Å². The normalized spacial score (nSPS) is 13.5. The zero-order valence-electron chi connectivity index (χ0n) is 9.82. The van der Waals surface area contributed by atoms with Gasteiger partial charge in [0.25, 0.3) is 0 Å². The van der Waals surface area contributed by atoms with Crippen LogP contribution in [0.4, 0.5) is 18.9 Å². The van der Waals surface area contributed by atoms with Crippen molar-refractivity contribution in [2.75, 3.05) is 5.73 Å². The largest absolute Gasteiger partial charge is 0.469 e. The van der Waals surface area contributed by atoms with Gasteiger partial charge in [0.1, 0.15) is 5.76 Å². The highest BCUT2D eigenvalue weighted by Crippen LogP contribution is 2.33. The number of hydrogen-bond donors (Lipinski definition) is 2. The molecule has 2 rings (SSSR count). The molecule has 1 atom stereocenters. The summed E-state index contributed by atoms with van der Waals surface area (Å²) in [5, 5.41) is 9.96. The number of nitrogens with two attached hydrogens (primary N) is 1. The number of anilines is 1. The average molecular weight is 271 g/mol. The van der Waals surface area contributed by atoms with E-state index >= 15 is 0 Å². The van der Waals surface area contributed by atoms with Crippen LogP contribution in [0, 0.1) is 0 Å². The maximum Gasteiger partial charge on any atom is 0.416 e. The lowest BCUT2D eigenvalue weighted by Crippen LogP contribution is -2.10. The second-order valence-corrected chi connectivity index (χ2v) is 4.14. The van der Waals surface area contributed by atoms with Crippen LogP contribution in [0.2, 0.25) is 0 Å². The van der Waals surface area contributed by atoms with Crippen LogP contribution >= 0.6 is 0 Å². The molecule has 0 aliphatic rings. The summed E-state index contributed by atoms with van der Waals surface area (Å²) in [7, 11) is 0. The van der Waals surface area contributed by atoms with E-state index in [-0.39, 0.29) is 17.7 Å². The Bertz CT molecular complexity index is 550. The molecule has 0 saturated carbocycles. The minimum absolute atomic E-state index is 0.0474. The number of aliphatic hydroxyl groups excluding tert-OH is 1. The van der Waals surface area contributed by atoms with Crippen molar-refractivity contribution in [1.29, 1.82) is 0 Å². The van der Waals surface area contributed by atoms with Gasteiger partial charge in [0.2, 0.25) is 0 Å². The first-order chi connectivity index (χ1) is 8.88. The highest BCUT2D eigenvalue weighted by Gasteiger charge is 2.31. The molecule has 3 N–H and O–H groups in total. The van der Waals surface area contributed by atoms with Crippen molar-refractivity contribution in [2.45, 2.75) is 18.7 Å². The number of nitrogen functional groups attached to an aromatic ring is 1. The molecule has 1 heterocycles. The number of alkyl halides is 3. The number of furan rings is 1. The van der Waals surface area contributed by atoms with Crippen LogP contribution < -0.4 is 5.73 Å². The first-order valence-corrected chi connectivity index (χ1v) is 5.55. The molecule has 2 aromatic rings. The van der Waals surface area contributed by atoms with Crippen molar-refractivity contribution < 1.29 is 22.7 Å². The minimum atomic E-state index is -4.47. The van der Waals surface area contributed by atoms with Crippen molar-refractivity contribution in [3.8, 4) is 0 Å². The maximum atomic E-state index is 12.6. The summed E-state index contributed by atoms with van der Waals surface area (Å²) in [6, 6.07) is 6.16. The third-order valence-corrected chi connectivity index (χ3v) is 2.75. The Morgan fingerprint density at radius 1 is 1.26 bits per heavy atom. The van der Waals surface area contributed by atoms with E-state index in [9.17, 15) is 18.3 Å². The average Bonchev–Trinajstić information content (AvgIpc) is 2.80. The van der Waals surface area contributed by atoms with Crippen LogP contribution in [0.3, 0.4) is 0 Å². The predicted octanol–water partition coefficient (Wildman–Crippen LogP) is 3.16. The molecular weight excluding hydrogens is 259 g/mol. The van der Waals surface area contributed by atoms with E-state index in [0.29, 0.717) is 5.76 Å². The fourth-order valence-electron chi connectivity index (χ4n) is 1.77. The molecule has 1 unspecified atom stereocenters. The van der Waals surface area contributed by atoms with Gasteiger partial charge in [-0.1, -0.05) is 0 Å². The standard InChI is InChI=1S/C13H12F3NO2/c14-13(15,16)8-3-4-11(17)10(6-8)12(18)7-9-2-1-5-19-9/h1-6,12,18H,7,17H2. The second-order valence-electron chi connectivity index (χ2n) is 4.14. The molecule has 1 aromatic carbocycles. The van der Waals surface area contributed by atoms with Gasteiger partial charge >= 0.3 is 6.18 Å².